The molecular weight excluding hydrogens is 277 g/mol. The number of hydrogen-bond acceptors (Lipinski definition) is 2. The normalized spacial score (nSPS) is 14.2. The minimum Gasteiger partial charge on any atom is -0.328 e. The molecule has 0 spiro atoms. The number of aromatic amines is 1. The van der Waals surface area contributed by atoms with E-state index in [-0.39, 0.29) is 0 Å². The van der Waals surface area contributed by atoms with Gasteiger partial charge in [-0.05, 0) is 25.6 Å². The maximum atomic E-state index is 12.5. The third-order valence-electron chi connectivity index (χ3n) is 3.07. The molecule has 2 aromatic rings. The third-order valence-corrected chi connectivity index (χ3v) is 3.37. The first-order valence-electron chi connectivity index (χ1n) is 5.97. The second-order valence-corrected chi connectivity index (χ2v) is 4.98. The summed E-state index contributed by atoms with van der Waals surface area (Å²) in [6, 6.07) is -0.763. The van der Waals surface area contributed by atoms with Gasteiger partial charge in [0.2, 0.25) is 0 Å². The van der Waals surface area contributed by atoms with Crippen LogP contribution in [0.5, 0.6) is 0 Å². The molecule has 0 aliphatic rings. The number of nitrogens with zero attached hydrogens (tertiary/aromatic N) is 3. The maximum Gasteiger partial charge on any atom is 0.391 e. The van der Waals surface area contributed by atoms with Crippen molar-refractivity contribution in [3.05, 3.63) is 10.5 Å². The molecule has 2 heterocycles. The minimum absolute atomic E-state index is 0.300. The Bertz CT molecular complexity index is 649. The molecule has 2 aromatic heterocycles. The summed E-state index contributed by atoms with van der Waals surface area (Å²) in [6.45, 7) is 3.45. The molecule has 19 heavy (non-hydrogen) atoms. The Balaban J connectivity index is 2.57. The van der Waals surface area contributed by atoms with Gasteiger partial charge in [-0.15, -0.1) is 0 Å². The second-order valence-electron chi connectivity index (χ2n) is 4.59. The molecule has 2 rings (SSSR count). The van der Waals surface area contributed by atoms with Gasteiger partial charge < -0.3 is 4.98 Å². The minimum atomic E-state index is -4.22. The average Bonchev–Trinajstić information content (AvgIpc) is 2.73. The number of halogens is 3. The predicted octanol–water partition coefficient (Wildman–Crippen LogP) is 3.51. The van der Waals surface area contributed by atoms with Crippen molar-refractivity contribution >= 4 is 23.4 Å². The summed E-state index contributed by atoms with van der Waals surface area (Å²) in [4.78, 5) is 2.96. The maximum absolute atomic E-state index is 12.5. The van der Waals surface area contributed by atoms with Crippen LogP contribution in [-0.2, 0) is 13.5 Å². The quantitative estimate of drug-likeness (QED) is 0.879. The Morgan fingerprint density at radius 2 is 2.05 bits per heavy atom. The molecule has 0 saturated carbocycles. The van der Waals surface area contributed by atoms with E-state index in [4.69, 9.17) is 12.2 Å². The Kier molecular flexibility index (Phi) is 3.46. The number of alkyl halides is 3. The van der Waals surface area contributed by atoms with E-state index in [2.05, 4.69) is 10.1 Å². The van der Waals surface area contributed by atoms with Gasteiger partial charge in [-0.1, -0.05) is 6.92 Å². The van der Waals surface area contributed by atoms with Crippen molar-refractivity contribution < 1.29 is 13.2 Å². The third kappa shape index (κ3) is 2.54. The molecule has 1 N–H and O–H groups in total. The molecule has 1 unspecified atom stereocenters. The molecule has 8 heteroatoms. The first kappa shape index (κ1) is 14.1. The van der Waals surface area contributed by atoms with Crippen LogP contribution >= 0.6 is 12.2 Å². The number of aryl methyl sites for hydroxylation is 2. The number of nitrogens with one attached hydrogen (secondary N) is 1. The smallest absolute Gasteiger partial charge is 0.328 e. The molecule has 0 fully saturated rings. The summed E-state index contributed by atoms with van der Waals surface area (Å²) in [5.74, 6) is 0. The molecule has 0 amide bonds. The lowest BCUT2D eigenvalue weighted by Crippen LogP contribution is -2.17. The Labute approximate surface area is 113 Å². The van der Waals surface area contributed by atoms with Gasteiger partial charge in [0.15, 0.2) is 10.4 Å². The zero-order chi connectivity index (χ0) is 14.4. The van der Waals surface area contributed by atoms with E-state index in [0.29, 0.717) is 16.8 Å². The average molecular weight is 292 g/mol. The highest BCUT2D eigenvalue weighted by Gasteiger charge is 2.32. The monoisotopic (exact) mass is 292 g/mol. The molecular formula is C11H15F3N4S. The van der Waals surface area contributed by atoms with Crippen molar-refractivity contribution in [1.82, 2.24) is 19.3 Å². The molecule has 0 aliphatic heterocycles. The van der Waals surface area contributed by atoms with E-state index in [0.717, 1.165) is 11.2 Å². The molecule has 0 saturated heterocycles. The van der Waals surface area contributed by atoms with E-state index < -0.39 is 18.6 Å². The van der Waals surface area contributed by atoms with Crippen LogP contribution in [0.25, 0.3) is 11.2 Å². The van der Waals surface area contributed by atoms with E-state index in [1.165, 1.54) is 11.5 Å². The summed E-state index contributed by atoms with van der Waals surface area (Å²) in [5.41, 5.74) is 2.14. The standard InChI is InChI=1S/C11H15F3N4S/c1-4-7-8-9(17(3)16-7)18(10(19)15-8)6(2)5-11(12,13)14/h6H,4-5H2,1-3H3,(H,15,19). The van der Waals surface area contributed by atoms with E-state index in [9.17, 15) is 13.2 Å². The number of aromatic nitrogens is 4. The Morgan fingerprint density at radius 3 is 2.58 bits per heavy atom. The van der Waals surface area contributed by atoms with Crippen molar-refractivity contribution in [2.75, 3.05) is 0 Å². The zero-order valence-corrected chi connectivity index (χ0v) is 11.7. The van der Waals surface area contributed by atoms with Gasteiger partial charge in [0, 0.05) is 13.1 Å². The summed E-state index contributed by atoms with van der Waals surface area (Å²) < 4.78 is 40.9. The molecule has 1 atom stereocenters. The SMILES string of the molecule is CCc1nn(C)c2c1[nH]c(=S)n2C(C)CC(F)(F)F. The van der Waals surface area contributed by atoms with Gasteiger partial charge in [0.05, 0.1) is 12.1 Å². The summed E-state index contributed by atoms with van der Waals surface area (Å²) in [7, 11) is 1.71. The fraction of sp³-hybridized carbons (Fsp3) is 0.636. The van der Waals surface area contributed by atoms with Crippen molar-refractivity contribution in [3.8, 4) is 0 Å². The van der Waals surface area contributed by atoms with Crippen molar-refractivity contribution in [3.63, 3.8) is 0 Å². The van der Waals surface area contributed by atoms with Crippen molar-refractivity contribution in [2.24, 2.45) is 7.05 Å². The van der Waals surface area contributed by atoms with Crippen LogP contribution < -0.4 is 0 Å². The van der Waals surface area contributed by atoms with Gasteiger partial charge in [-0.25, -0.2) is 0 Å². The predicted molar refractivity (Wildman–Crippen MR) is 68.6 cm³/mol. The lowest BCUT2D eigenvalue weighted by Gasteiger charge is -2.16. The highest BCUT2D eigenvalue weighted by atomic mass is 32.1. The van der Waals surface area contributed by atoms with Crippen molar-refractivity contribution in [1.29, 1.82) is 0 Å². The number of imidazole rings is 1. The molecule has 0 aromatic carbocycles. The van der Waals surface area contributed by atoms with Crippen LogP contribution in [0.2, 0.25) is 0 Å². The topological polar surface area (TPSA) is 38.5 Å². The fourth-order valence-electron chi connectivity index (χ4n) is 2.32. The van der Waals surface area contributed by atoms with Crippen LogP contribution in [0.3, 0.4) is 0 Å². The lowest BCUT2D eigenvalue weighted by atomic mass is 10.2. The highest BCUT2D eigenvalue weighted by molar-refractivity contribution is 7.71. The van der Waals surface area contributed by atoms with E-state index in [1.54, 1.807) is 11.7 Å². The van der Waals surface area contributed by atoms with E-state index >= 15 is 0 Å². The van der Waals surface area contributed by atoms with Crippen LogP contribution in [0.4, 0.5) is 13.2 Å². The largest absolute Gasteiger partial charge is 0.391 e. The first-order valence-corrected chi connectivity index (χ1v) is 6.38. The summed E-state index contributed by atoms with van der Waals surface area (Å²) in [5, 5.41) is 4.29. The van der Waals surface area contributed by atoms with Crippen LogP contribution in [0.15, 0.2) is 0 Å². The first-order chi connectivity index (χ1) is 8.74. The molecule has 0 radical (unpaired) electrons. The number of fused-ring (bicyclic) bond motifs is 1. The van der Waals surface area contributed by atoms with Crippen LogP contribution in [0.1, 0.15) is 32.0 Å². The summed E-state index contributed by atoms with van der Waals surface area (Å²) in [6.07, 6.45) is -4.44. The van der Waals surface area contributed by atoms with Crippen LogP contribution in [0, 0.1) is 4.77 Å². The number of H-pyrrole nitrogens is 1. The lowest BCUT2D eigenvalue weighted by molar-refractivity contribution is -0.141. The molecule has 4 nitrogen and oxygen atoms in total. The summed E-state index contributed by atoms with van der Waals surface area (Å²) >= 11 is 5.14. The van der Waals surface area contributed by atoms with Gasteiger partial charge in [0.25, 0.3) is 0 Å². The Hall–Kier alpha value is -1.31. The molecule has 0 aliphatic carbocycles. The fourth-order valence-corrected chi connectivity index (χ4v) is 2.69. The molecule has 0 bridgehead atoms. The van der Waals surface area contributed by atoms with Gasteiger partial charge in [-0.2, -0.15) is 18.3 Å². The van der Waals surface area contributed by atoms with Crippen LogP contribution in [-0.4, -0.2) is 25.5 Å². The molecule has 106 valence electrons. The zero-order valence-electron chi connectivity index (χ0n) is 10.9. The highest BCUT2D eigenvalue weighted by Crippen LogP contribution is 2.30. The second kappa shape index (κ2) is 4.66. The van der Waals surface area contributed by atoms with Gasteiger partial charge in [-0.3, -0.25) is 9.25 Å². The van der Waals surface area contributed by atoms with Gasteiger partial charge >= 0.3 is 6.18 Å². The van der Waals surface area contributed by atoms with Crippen molar-refractivity contribution in [2.45, 2.75) is 38.9 Å². The Morgan fingerprint density at radius 1 is 1.42 bits per heavy atom. The number of hydrogen-bond donors (Lipinski definition) is 1. The number of rotatable bonds is 3. The van der Waals surface area contributed by atoms with E-state index in [1.807, 2.05) is 6.92 Å². The van der Waals surface area contributed by atoms with Gasteiger partial charge in [0.1, 0.15) is 5.52 Å².